The first-order valence-corrected chi connectivity index (χ1v) is 5.49. The highest BCUT2D eigenvalue weighted by atomic mass is 14.3. The molecule has 0 aromatic heterocycles. The SMILES string of the molecule is CCC(CC)C(C)C(C)(C)CC. The van der Waals surface area contributed by atoms with Crippen LogP contribution in [-0.4, -0.2) is 0 Å². The second-order valence-electron chi connectivity index (χ2n) is 4.71. The van der Waals surface area contributed by atoms with Crippen molar-refractivity contribution in [3.05, 3.63) is 0 Å². The fourth-order valence-electron chi connectivity index (χ4n) is 1.96. The Morgan fingerprint density at radius 2 is 1.42 bits per heavy atom. The van der Waals surface area contributed by atoms with Gasteiger partial charge in [0.2, 0.25) is 0 Å². The Balaban J connectivity index is 4.23. The lowest BCUT2D eigenvalue weighted by Gasteiger charge is -2.36. The van der Waals surface area contributed by atoms with E-state index < -0.39 is 0 Å². The number of hydrogen-bond donors (Lipinski definition) is 0. The second kappa shape index (κ2) is 4.89. The Hall–Kier alpha value is 0. The maximum atomic E-state index is 2.42. The molecule has 0 nitrogen and oxygen atoms in total. The molecule has 0 amide bonds. The third kappa shape index (κ3) is 2.80. The molecule has 0 heteroatoms. The maximum absolute atomic E-state index is 2.42. The molecule has 0 fully saturated rings. The van der Waals surface area contributed by atoms with E-state index >= 15 is 0 Å². The van der Waals surface area contributed by atoms with Gasteiger partial charge in [0.15, 0.2) is 0 Å². The van der Waals surface area contributed by atoms with Gasteiger partial charge in [0.05, 0.1) is 0 Å². The van der Waals surface area contributed by atoms with Crippen LogP contribution in [0.5, 0.6) is 0 Å². The predicted octanol–water partition coefficient (Wildman–Crippen LogP) is 4.49. The number of hydrogen-bond acceptors (Lipinski definition) is 0. The quantitative estimate of drug-likeness (QED) is 0.570. The Bertz CT molecular complexity index is 109. The molecule has 74 valence electrons. The molecule has 0 aromatic carbocycles. The molecule has 0 spiro atoms. The van der Waals surface area contributed by atoms with Crippen LogP contribution in [0.2, 0.25) is 0 Å². The minimum atomic E-state index is 0.524. The van der Waals surface area contributed by atoms with Crippen LogP contribution in [0, 0.1) is 17.3 Å². The van der Waals surface area contributed by atoms with Crippen LogP contribution in [0.3, 0.4) is 0 Å². The van der Waals surface area contributed by atoms with E-state index in [1.807, 2.05) is 0 Å². The first kappa shape index (κ1) is 12.0. The molecule has 1 unspecified atom stereocenters. The average molecular weight is 170 g/mol. The minimum Gasteiger partial charge on any atom is -0.0651 e. The van der Waals surface area contributed by atoms with Crippen molar-refractivity contribution in [2.24, 2.45) is 17.3 Å². The maximum Gasteiger partial charge on any atom is -0.0329 e. The third-order valence-corrected chi connectivity index (χ3v) is 3.90. The number of rotatable bonds is 5. The van der Waals surface area contributed by atoms with Gasteiger partial charge in [-0.25, -0.2) is 0 Å². The zero-order valence-corrected chi connectivity index (χ0v) is 9.78. The summed E-state index contributed by atoms with van der Waals surface area (Å²) in [5.41, 5.74) is 0.524. The van der Waals surface area contributed by atoms with Gasteiger partial charge in [0.1, 0.15) is 0 Å². The van der Waals surface area contributed by atoms with Crippen LogP contribution in [0.15, 0.2) is 0 Å². The van der Waals surface area contributed by atoms with Crippen LogP contribution in [0.1, 0.15) is 60.8 Å². The summed E-state index contributed by atoms with van der Waals surface area (Å²) in [6.07, 6.45) is 3.97. The molecule has 0 heterocycles. The van der Waals surface area contributed by atoms with E-state index in [-0.39, 0.29) is 0 Å². The lowest BCUT2D eigenvalue weighted by molar-refractivity contribution is 0.142. The van der Waals surface area contributed by atoms with Crippen LogP contribution in [-0.2, 0) is 0 Å². The van der Waals surface area contributed by atoms with Crippen molar-refractivity contribution in [1.29, 1.82) is 0 Å². The molecule has 0 saturated carbocycles. The minimum absolute atomic E-state index is 0.524. The second-order valence-corrected chi connectivity index (χ2v) is 4.71. The topological polar surface area (TPSA) is 0 Å². The van der Waals surface area contributed by atoms with Gasteiger partial charge in [-0.2, -0.15) is 0 Å². The smallest absolute Gasteiger partial charge is 0.0329 e. The van der Waals surface area contributed by atoms with Gasteiger partial charge in [-0.05, 0) is 17.3 Å². The zero-order chi connectivity index (χ0) is 9.78. The van der Waals surface area contributed by atoms with E-state index in [2.05, 4.69) is 41.5 Å². The molecule has 0 rings (SSSR count). The molecule has 12 heavy (non-hydrogen) atoms. The van der Waals surface area contributed by atoms with Crippen LogP contribution >= 0.6 is 0 Å². The zero-order valence-electron chi connectivity index (χ0n) is 9.78. The van der Waals surface area contributed by atoms with E-state index in [9.17, 15) is 0 Å². The molecule has 0 aromatic rings. The normalized spacial score (nSPS) is 15.2. The van der Waals surface area contributed by atoms with Gasteiger partial charge in [-0.1, -0.05) is 60.8 Å². The lowest BCUT2D eigenvalue weighted by Crippen LogP contribution is -2.27. The lowest BCUT2D eigenvalue weighted by atomic mass is 9.70. The monoisotopic (exact) mass is 170 g/mol. The average Bonchev–Trinajstić information content (AvgIpc) is 2.06. The van der Waals surface area contributed by atoms with Gasteiger partial charge < -0.3 is 0 Å². The predicted molar refractivity (Wildman–Crippen MR) is 57.3 cm³/mol. The van der Waals surface area contributed by atoms with Crippen LogP contribution in [0.25, 0.3) is 0 Å². The van der Waals surface area contributed by atoms with Crippen molar-refractivity contribution in [3.8, 4) is 0 Å². The van der Waals surface area contributed by atoms with Gasteiger partial charge in [0, 0.05) is 0 Å². The molecule has 0 saturated heterocycles. The van der Waals surface area contributed by atoms with E-state index in [1.165, 1.54) is 19.3 Å². The summed E-state index contributed by atoms with van der Waals surface area (Å²) in [5, 5.41) is 0. The highest BCUT2D eigenvalue weighted by Gasteiger charge is 2.28. The Kier molecular flexibility index (Phi) is 4.89. The van der Waals surface area contributed by atoms with Crippen molar-refractivity contribution >= 4 is 0 Å². The molecule has 0 aliphatic rings. The molecule has 0 aliphatic carbocycles. The van der Waals surface area contributed by atoms with E-state index in [4.69, 9.17) is 0 Å². The van der Waals surface area contributed by atoms with Crippen molar-refractivity contribution < 1.29 is 0 Å². The standard InChI is InChI=1S/C12H26/c1-7-11(8-2)10(4)12(5,6)9-3/h10-11H,7-9H2,1-6H3. The largest absolute Gasteiger partial charge is 0.0651 e. The molecular weight excluding hydrogens is 144 g/mol. The van der Waals surface area contributed by atoms with E-state index in [0.717, 1.165) is 11.8 Å². The molecule has 1 atom stereocenters. The van der Waals surface area contributed by atoms with Crippen LogP contribution in [0.4, 0.5) is 0 Å². The molecule has 0 radical (unpaired) electrons. The van der Waals surface area contributed by atoms with Crippen molar-refractivity contribution in [1.82, 2.24) is 0 Å². The Labute approximate surface area is 78.8 Å². The molecule has 0 N–H and O–H groups in total. The first-order valence-electron chi connectivity index (χ1n) is 5.49. The van der Waals surface area contributed by atoms with Gasteiger partial charge in [0.25, 0.3) is 0 Å². The summed E-state index contributed by atoms with van der Waals surface area (Å²) < 4.78 is 0. The van der Waals surface area contributed by atoms with Gasteiger partial charge in [-0.3, -0.25) is 0 Å². The summed E-state index contributed by atoms with van der Waals surface area (Å²) in [4.78, 5) is 0. The fraction of sp³-hybridized carbons (Fsp3) is 1.00. The Morgan fingerprint density at radius 3 is 1.67 bits per heavy atom. The van der Waals surface area contributed by atoms with Crippen molar-refractivity contribution in [2.75, 3.05) is 0 Å². The summed E-state index contributed by atoms with van der Waals surface area (Å²) in [6, 6.07) is 0. The summed E-state index contributed by atoms with van der Waals surface area (Å²) in [5.74, 6) is 1.78. The van der Waals surface area contributed by atoms with Crippen molar-refractivity contribution in [2.45, 2.75) is 60.8 Å². The highest BCUT2D eigenvalue weighted by Crippen LogP contribution is 2.37. The molecular formula is C12H26. The summed E-state index contributed by atoms with van der Waals surface area (Å²) in [6.45, 7) is 14.2. The van der Waals surface area contributed by atoms with Gasteiger partial charge >= 0.3 is 0 Å². The highest BCUT2D eigenvalue weighted by molar-refractivity contribution is 4.78. The molecule has 0 bridgehead atoms. The third-order valence-electron chi connectivity index (χ3n) is 3.90. The molecule has 0 aliphatic heterocycles. The summed E-state index contributed by atoms with van der Waals surface area (Å²) in [7, 11) is 0. The van der Waals surface area contributed by atoms with Crippen LogP contribution < -0.4 is 0 Å². The van der Waals surface area contributed by atoms with Gasteiger partial charge in [-0.15, -0.1) is 0 Å². The van der Waals surface area contributed by atoms with E-state index in [1.54, 1.807) is 0 Å². The Morgan fingerprint density at radius 1 is 1.00 bits per heavy atom. The van der Waals surface area contributed by atoms with Crippen molar-refractivity contribution in [3.63, 3.8) is 0 Å². The summed E-state index contributed by atoms with van der Waals surface area (Å²) >= 11 is 0. The fourth-order valence-corrected chi connectivity index (χ4v) is 1.96. The first-order chi connectivity index (χ1) is 5.49. The van der Waals surface area contributed by atoms with E-state index in [0.29, 0.717) is 5.41 Å².